The Labute approximate surface area is 95.2 Å². The Balaban J connectivity index is 3.02. The van der Waals surface area contributed by atoms with Crippen LogP contribution in [-0.2, 0) is 0 Å². The highest BCUT2D eigenvalue weighted by Gasteiger charge is 2.14. The molecule has 5 heteroatoms. The molecule has 0 aromatic heterocycles. The van der Waals surface area contributed by atoms with Crippen molar-refractivity contribution in [2.75, 3.05) is 13.6 Å². The first kappa shape index (κ1) is 11.9. The molecule has 0 aliphatic heterocycles. The molecule has 0 spiro atoms. The van der Waals surface area contributed by atoms with Gasteiger partial charge in [-0.05, 0) is 35.1 Å². The quantitative estimate of drug-likeness (QED) is 0.835. The predicted octanol–water partition coefficient (Wildman–Crippen LogP) is 2.49. The number of halogens is 3. The molecule has 1 atom stereocenters. The van der Waals surface area contributed by atoms with Crippen LogP contribution < -0.4 is 5.32 Å². The molecule has 78 valence electrons. The van der Waals surface area contributed by atoms with Gasteiger partial charge < -0.3 is 10.4 Å². The summed E-state index contributed by atoms with van der Waals surface area (Å²) < 4.78 is 13.9. The molecule has 0 amide bonds. The van der Waals surface area contributed by atoms with Crippen molar-refractivity contribution in [3.63, 3.8) is 0 Å². The fraction of sp³-hybridized carbons (Fsp3) is 0.333. The maximum absolute atomic E-state index is 13.3. The van der Waals surface area contributed by atoms with Gasteiger partial charge >= 0.3 is 0 Å². The highest BCUT2D eigenvalue weighted by molar-refractivity contribution is 9.10. The first-order valence-electron chi connectivity index (χ1n) is 4.03. The van der Waals surface area contributed by atoms with Crippen LogP contribution in [0.2, 0.25) is 5.02 Å². The Kier molecular flexibility index (Phi) is 4.31. The molecule has 0 saturated heterocycles. The summed E-state index contributed by atoms with van der Waals surface area (Å²) in [6, 6.07) is 2.67. The van der Waals surface area contributed by atoms with E-state index in [0.717, 1.165) is 0 Å². The molecule has 0 bridgehead atoms. The summed E-state index contributed by atoms with van der Waals surface area (Å²) in [6.45, 7) is 0.297. The molecule has 2 N–H and O–H groups in total. The molecular formula is C9H10BrClFNO. The van der Waals surface area contributed by atoms with E-state index in [-0.39, 0.29) is 5.56 Å². The number of aliphatic hydroxyl groups excluding tert-OH is 1. The van der Waals surface area contributed by atoms with Crippen molar-refractivity contribution >= 4 is 27.5 Å². The molecule has 14 heavy (non-hydrogen) atoms. The number of hydrogen-bond donors (Lipinski definition) is 2. The lowest BCUT2D eigenvalue weighted by molar-refractivity contribution is 0.173. The largest absolute Gasteiger partial charge is 0.387 e. The summed E-state index contributed by atoms with van der Waals surface area (Å²) in [4.78, 5) is 0. The van der Waals surface area contributed by atoms with Gasteiger partial charge in [-0.25, -0.2) is 4.39 Å². The van der Waals surface area contributed by atoms with Gasteiger partial charge in [-0.15, -0.1) is 0 Å². The van der Waals surface area contributed by atoms with Crippen molar-refractivity contribution in [1.29, 1.82) is 0 Å². The fourth-order valence-electron chi connectivity index (χ4n) is 1.10. The van der Waals surface area contributed by atoms with E-state index in [1.165, 1.54) is 12.1 Å². The van der Waals surface area contributed by atoms with Crippen LogP contribution >= 0.6 is 27.5 Å². The van der Waals surface area contributed by atoms with Gasteiger partial charge in [0.05, 0.1) is 11.1 Å². The van der Waals surface area contributed by atoms with Gasteiger partial charge in [0, 0.05) is 16.6 Å². The average Bonchev–Trinajstić information content (AvgIpc) is 2.11. The topological polar surface area (TPSA) is 32.3 Å². The summed E-state index contributed by atoms with van der Waals surface area (Å²) in [6.07, 6.45) is -0.867. The monoisotopic (exact) mass is 281 g/mol. The van der Waals surface area contributed by atoms with Crippen molar-refractivity contribution < 1.29 is 9.50 Å². The molecule has 1 rings (SSSR count). The van der Waals surface area contributed by atoms with Crippen LogP contribution in [0.4, 0.5) is 4.39 Å². The third-order valence-corrected chi connectivity index (χ3v) is 2.99. The van der Waals surface area contributed by atoms with Gasteiger partial charge in [0.15, 0.2) is 0 Å². The molecule has 0 aliphatic carbocycles. The van der Waals surface area contributed by atoms with Crippen LogP contribution in [0.15, 0.2) is 16.6 Å². The molecule has 0 fully saturated rings. The third kappa shape index (κ3) is 2.67. The highest BCUT2D eigenvalue weighted by Crippen LogP contribution is 2.28. The number of rotatable bonds is 3. The molecule has 0 radical (unpaired) electrons. The van der Waals surface area contributed by atoms with Gasteiger partial charge in [0.25, 0.3) is 0 Å². The Morgan fingerprint density at radius 2 is 2.29 bits per heavy atom. The van der Waals surface area contributed by atoms with Crippen LogP contribution in [0.3, 0.4) is 0 Å². The van der Waals surface area contributed by atoms with Gasteiger partial charge in [-0.3, -0.25) is 0 Å². The van der Waals surface area contributed by atoms with Crippen molar-refractivity contribution in [2.24, 2.45) is 0 Å². The van der Waals surface area contributed by atoms with Crippen LogP contribution in [0.25, 0.3) is 0 Å². The van der Waals surface area contributed by atoms with Gasteiger partial charge in [0.1, 0.15) is 5.82 Å². The molecule has 0 aliphatic rings. The number of benzene rings is 1. The van der Waals surface area contributed by atoms with Gasteiger partial charge in [-0.1, -0.05) is 11.6 Å². The Morgan fingerprint density at radius 3 is 2.86 bits per heavy atom. The predicted molar refractivity (Wildman–Crippen MR) is 58.0 cm³/mol. The first-order chi connectivity index (χ1) is 6.56. The van der Waals surface area contributed by atoms with Crippen LogP contribution in [0, 0.1) is 5.82 Å². The molecule has 2 nitrogen and oxygen atoms in total. The molecule has 0 heterocycles. The van der Waals surface area contributed by atoms with E-state index >= 15 is 0 Å². The Morgan fingerprint density at radius 1 is 1.64 bits per heavy atom. The number of aliphatic hydroxyl groups is 1. The molecule has 0 saturated carbocycles. The second-order valence-corrected chi connectivity index (χ2v) is 4.12. The zero-order valence-electron chi connectivity index (χ0n) is 7.52. The molecule has 1 aromatic rings. The van der Waals surface area contributed by atoms with Crippen LogP contribution in [0.5, 0.6) is 0 Å². The number of likely N-dealkylation sites (N-methyl/N-ethyl adjacent to an activating group) is 1. The van der Waals surface area contributed by atoms with Gasteiger partial charge in [0.2, 0.25) is 0 Å². The molecular weight excluding hydrogens is 272 g/mol. The van der Waals surface area contributed by atoms with E-state index in [4.69, 9.17) is 11.6 Å². The molecule has 1 aromatic carbocycles. The standard InChI is InChI=1S/C9H10BrClFNO/c1-13-4-9(14)5-2-6(10)7(11)3-8(5)12/h2-3,9,13-14H,4H2,1H3. The normalized spacial score (nSPS) is 12.9. The van der Waals surface area contributed by atoms with Crippen molar-refractivity contribution in [3.8, 4) is 0 Å². The van der Waals surface area contributed by atoms with E-state index in [2.05, 4.69) is 21.2 Å². The number of hydrogen-bond acceptors (Lipinski definition) is 2. The van der Waals surface area contributed by atoms with E-state index in [9.17, 15) is 9.50 Å². The molecule has 1 unspecified atom stereocenters. The van der Waals surface area contributed by atoms with Crippen molar-refractivity contribution in [2.45, 2.75) is 6.10 Å². The Bertz CT molecular complexity index is 335. The van der Waals surface area contributed by atoms with Crippen LogP contribution in [-0.4, -0.2) is 18.7 Å². The SMILES string of the molecule is CNCC(O)c1cc(Br)c(Cl)cc1F. The second kappa shape index (κ2) is 5.07. The third-order valence-electron chi connectivity index (χ3n) is 1.80. The smallest absolute Gasteiger partial charge is 0.130 e. The summed E-state index contributed by atoms with van der Waals surface area (Å²) in [5.41, 5.74) is 0.232. The number of nitrogens with one attached hydrogen (secondary N) is 1. The summed E-state index contributed by atoms with van der Waals surface area (Å²) in [7, 11) is 1.69. The van der Waals surface area contributed by atoms with E-state index in [1.54, 1.807) is 7.05 Å². The van der Waals surface area contributed by atoms with Crippen molar-refractivity contribution in [3.05, 3.63) is 33.0 Å². The van der Waals surface area contributed by atoms with E-state index < -0.39 is 11.9 Å². The lowest BCUT2D eigenvalue weighted by Gasteiger charge is -2.12. The minimum atomic E-state index is -0.867. The highest BCUT2D eigenvalue weighted by atomic mass is 79.9. The minimum absolute atomic E-state index is 0.232. The maximum atomic E-state index is 13.3. The fourth-order valence-corrected chi connectivity index (χ4v) is 1.61. The average molecular weight is 283 g/mol. The Hall–Kier alpha value is -0.160. The lowest BCUT2D eigenvalue weighted by Crippen LogP contribution is -2.17. The summed E-state index contributed by atoms with van der Waals surface area (Å²) in [5.74, 6) is -0.499. The van der Waals surface area contributed by atoms with E-state index in [1.807, 2.05) is 0 Å². The first-order valence-corrected chi connectivity index (χ1v) is 5.20. The summed E-state index contributed by atoms with van der Waals surface area (Å²) in [5, 5.41) is 12.6. The second-order valence-electron chi connectivity index (χ2n) is 2.86. The van der Waals surface area contributed by atoms with Gasteiger partial charge in [-0.2, -0.15) is 0 Å². The summed E-state index contributed by atoms with van der Waals surface area (Å²) >= 11 is 8.85. The lowest BCUT2D eigenvalue weighted by atomic mass is 10.1. The zero-order chi connectivity index (χ0) is 10.7. The van der Waals surface area contributed by atoms with Crippen molar-refractivity contribution in [1.82, 2.24) is 5.32 Å². The zero-order valence-corrected chi connectivity index (χ0v) is 9.86. The van der Waals surface area contributed by atoms with E-state index in [0.29, 0.717) is 16.0 Å². The maximum Gasteiger partial charge on any atom is 0.130 e. The van der Waals surface area contributed by atoms with Crippen LogP contribution in [0.1, 0.15) is 11.7 Å². The minimum Gasteiger partial charge on any atom is -0.387 e.